The van der Waals surface area contributed by atoms with Crippen LogP contribution in [0.4, 0.5) is 4.79 Å². The highest BCUT2D eigenvalue weighted by Gasteiger charge is 2.24. The molecule has 2 aromatic heterocycles. The predicted molar refractivity (Wildman–Crippen MR) is 95.1 cm³/mol. The topological polar surface area (TPSA) is 74.5 Å². The lowest BCUT2D eigenvalue weighted by Crippen LogP contribution is -2.43. The van der Waals surface area contributed by atoms with E-state index < -0.39 is 5.60 Å². The van der Waals surface area contributed by atoms with Crippen molar-refractivity contribution in [3.05, 3.63) is 58.0 Å². The van der Waals surface area contributed by atoms with E-state index in [4.69, 9.17) is 4.42 Å². The van der Waals surface area contributed by atoms with Gasteiger partial charge in [0.05, 0.1) is 13.1 Å². The lowest BCUT2D eigenvalue weighted by Gasteiger charge is -2.22. The second kappa shape index (κ2) is 6.67. The van der Waals surface area contributed by atoms with Crippen LogP contribution in [0.5, 0.6) is 0 Å². The van der Waals surface area contributed by atoms with E-state index in [1.165, 1.54) is 11.3 Å². The maximum atomic E-state index is 12.0. The van der Waals surface area contributed by atoms with E-state index >= 15 is 0 Å². The molecular formula is C18H20N2O3S. The summed E-state index contributed by atoms with van der Waals surface area (Å²) in [7, 11) is 0. The molecule has 1 atom stereocenters. The minimum atomic E-state index is -1.09. The normalized spacial score (nSPS) is 13.6. The van der Waals surface area contributed by atoms with E-state index in [1.54, 1.807) is 6.92 Å². The quantitative estimate of drug-likeness (QED) is 0.663. The molecule has 2 amide bonds. The monoisotopic (exact) mass is 344 g/mol. The number of furan rings is 1. The number of aryl methyl sites for hydroxylation is 1. The summed E-state index contributed by atoms with van der Waals surface area (Å²) in [5.41, 5.74) is 1.54. The Labute approximate surface area is 144 Å². The van der Waals surface area contributed by atoms with Gasteiger partial charge >= 0.3 is 6.03 Å². The standard InChI is InChI=1S/C18H20N2O3S/c1-12-14-5-3-4-6-15(14)23-16(12)9-19-17(21)20-11-18(2,22)13-7-8-24-10-13/h3-8,10,22H,9,11H2,1-2H3,(H2,19,20,21). The van der Waals surface area contributed by atoms with Crippen LogP contribution in [-0.4, -0.2) is 17.7 Å². The zero-order chi connectivity index (χ0) is 17.2. The number of urea groups is 1. The molecule has 0 saturated carbocycles. The van der Waals surface area contributed by atoms with Gasteiger partial charge in [0.1, 0.15) is 16.9 Å². The number of benzene rings is 1. The SMILES string of the molecule is Cc1c(CNC(=O)NCC(C)(O)c2ccsc2)oc2ccccc12. The lowest BCUT2D eigenvalue weighted by atomic mass is 9.99. The fourth-order valence-corrected chi connectivity index (χ4v) is 3.32. The van der Waals surface area contributed by atoms with Crippen LogP contribution in [0.3, 0.4) is 0 Å². The van der Waals surface area contributed by atoms with Crippen molar-refractivity contribution in [3.63, 3.8) is 0 Å². The molecule has 1 aromatic carbocycles. The van der Waals surface area contributed by atoms with Crippen molar-refractivity contribution < 1.29 is 14.3 Å². The predicted octanol–water partition coefficient (Wildman–Crippen LogP) is 3.51. The number of hydrogen-bond donors (Lipinski definition) is 3. The second-order valence-corrected chi connectivity index (χ2v) is 6.75. The molecule has 0 fully saturated rings. The Kier molecular flexibility index (Phi) is 4.59. The van der Waals surface area contributed by atoms with Gasteiger partial charge in [-0.1, -0.05) is 18.2 Å². The van der Waals surface area contributed by atoms with Crippen LogP contribution in [0.1, 0.15) is 23.8 Å². The number of carbonyl (C=O) groups is 1. The Bertz CT molecular complexity index is 837. The van der Waals surface area contributed by atoms with Gasteiger partial charge in [-0.25, -0.2) is 4.79 Å². The van der Waals surface area contributed by atoms with E-state index in [9.17, 15) is 9.90 Å². The van der Waals surface area contributed by atoms with Gasteiger partial charge in [-0.05, 0) is 42.3 Å². The van der Waals surface area contributed by atoms with Crippen molar-refractivity contribution in [1.29, 1.82) is 0 Å². The van der Waals surface area contributed by atoms with Crippen molar-refractivity contribution >= 4 is 28.3 Å². The van der Waals surface area contributed by atoms with Gasteiger partial charge in [0.15, 0.2) is 0 Å². The molecule has 0 saturated heterocycles. The molecule has 0 spiro atoms. The first-order valence-corrected chi connectivity index (χ1v) is 8.65. The van der Waals surface area contributed by atoms with Crippen molar-refractivity contribution in [2.75, 3.05) is 6.54 Å². The maximum Gasteiger partial charge on any atom is 0.315 e. The van der Waals surface area contributed by atoms with Gasteiger partial charge in [-0.2, -0.15) is 11.3 Å². The number of hydrogen-bond acceptors (Lipinski definition) is 4. The van der Waals surface area contributed by atoms with Crippen molar-refractivity contribution in [2.24, 2.45) is 0 Å². The van der Waals surface area contributed by atoms with Crippen molar-refractivity contribution in [3.8, 4) is 0 Å². The van der Waals surface area contributed by atoms with Gasteiger partial charge in [-0.15, -0.1) is 0 Å². The summed E-state index contributed by atoms with van der Waals surface area (Å²) in [6, 6.07) is 9.29. The van der Waals surface area contributed by atoms with Crippen LogP contribution in [0, 0.1) is 6.92 Å². The van der Waals surface area contributed by atoms with E-state index in [2.05, 4.69) is 10.6 Å². The average molecular weight is 344 g/mol. The van der Waals surface area contributed by atoms with Crippen molar-refractivity contribution in [2.45, 2.75) is 26.0 Å². The second-order valence-electron chi connectivity index (χ2n) is 5.97. The molecule has 0 aliphatic heterocycles. The highest BCUT2D eigenvalue weighted by molar-refractivity contribution is 7.08. The highest BCUT2D eigenvalue weighted by atomic mass is 32.1. The number of thiophene rings is 1. The zero-order valence-corrected chi connectivity index (χ0v) is 14.4. The molecule has 3 rings (SSSR count). The van der Waals surface area contributed by atoms with Gasteiger partial charge in [0.25, 0.3) is 0 Å². The zero-order valence-electron chi connectivity index (χ0n) is 13.6. The number of fused-ring (bicyclic) bond motifs is 1. The van der Waals surface area contributed by atoms with Crippen LogP contribution in [0.2, 0.25) is 0 Å². The minimum absolute atomic E-state index is 0.134. The van der Waals surface area contributed by atoms with E-state index in [-0.39, 0.29) is 12.6 Å². The largest absolute Gasteiger partial charge is 0.459 e. The third kappa shape index (κ3) is 3.44. The molecule has 2 heterocycles. The van der Waals surface area contributed by atoms with Crippen LogP contribution < -0.4 is 10.6 Å². The molecule has 3 N–H and O–H groups in total. The Morgan fingerprint density at radius 2 is 2.08 bits per heavy atom. The number of amides is 2. The summed E-state index contributed by atoms with van der Waals surface area (Å²) in [6.07, 6.45) is 0. The third-order valence-corrected chi connectivity index (χ3v) is 4.77. The maximum absolute atomic E-state index is 12.0. The Morgan fingerprint density at radius 1 is 1.29 bits per heavy atom. The molecule has 24 heavy (non-hydrogen) atoms. The van der Waals surface area contributed by atoms with Gasteiger partial charge < -0.3 is 20.2 Å². The summed E-state index contributed by atoms with van der Waals surface area (Å²) >= 11 is 1.51. The number of nitrogens with one attached hydrogen (secondary N) is 2. The molecule has 1 unspecified atom stereocenters. The summed E-state index contributed by atoms with van der Waals surface area (Å²) in [4.78, 5) is 12.0. The summed E-state index contributed by atoms with van der Waals surface area (Å²) < 4.78 is 5.76. The first-order chi connectivity index (χ1) is 11.5. The first kappa shape index (κ1) is 16.5. The van der Waals surface area contributed by atoms with Crippen LogP contribution in [-0.2, 0) is 12.1 Å². The fraction of sp³-hybridized carbons (Fsp3) is 0.278. The van der Waals surface area contributed by atoms with Crippen molar-refractivity contribution in [1.82, 2.24) is 10.6 Å². The highest BCUT2D eigenvalue weighted by Crippen LogP contribution is 2.25. The fourth-order valence-electron chi connectivity index (χ4n) is 2.54. The number of rotatable bonds is 5. The smallest absolute Gasteiger partial charge is 0.315 e. The number of carbonyl (C=O) groups excluding carboxylic acids is 1. The van der Waals surface area contributed by atoms with Gasteiger partial charge in [-0.3, -0.25) is 0 Å². The number of para-hydroxylation sites is 1. The summed E-state index contributed by atoms with van der Waals surface area (Å²) in [6.45, 7) is 4.09. The van der Waals surface area contributed by atoms with Crippen LogP contribution in [0.15, 0.2) is 45.5 Å². The van der Waals surface area contributed by atoms with E-state index in [1.807, 2.05) is 48.0 Å². The molecule has 5 nitrogen and oxygen atoms in total. The molecule has 3 aromatic rings. The molecule has 126 valence electrons. The third-order valence-electron chi connectivity index (χ3n) is 4.09. The Morgan fingerprint density at radius 3 is 2.79 bits per heavy atom. The van der Waals surface area contributed by atoms with Gasteiger partial charge in [0.2, 0.25) is 0 Å². The summed E-state index contributed by atoms with van der Waals surface area (Å²) in [5, 5.41) is 20.7. The molecule has 0 radical (unpaired) electrons. The van der Waals surface area contributed by atoms with E-state index in [0.29, 0.717) is 6.54 Å². The average Bonchev–Trinajstić information content (AvgIpc) is 3.21. The lowest BCUT2D eigenvalue weighted by molar-refractivity contribution is 0.0598. The molecule has 6 heteroatoms. The van der Waals surface area contributed by atoms with Gasteiger partial charge in [0, 0.05) is 10.9 Å². The molecule has 0 aliphatic carbocycles. The molecule has 0 aliphatic rings. The Hall–Kier alpha value is -2.31. The van der Waals surface area contributed by atoms with Crippen LogP contribution in [0.25, 0.3) is 11.0 Å². The first-order valence-electron chi connectivity index (χ1n) is 7.71. The molecule has 0 bridgehead atoms. The number of aliphatic hydroxyl groups is 1. The summed E-state index contributed by atoms with van der Waals surface area (Å²) in [5.74, 6) is 0.732. The van der Waals surface area contributed by atoms with E-state index in [0.717, 1.165) is 27.9 Å². The molecular weight excluding hydrogens is 324 g/mol. The Balaban J connectivity index is 1.56. The minimum Gasteiger partial charge on any atom is -0.459 e. The van der Waals surface area contributed by atoms with Crippen LogP contribution >= 0.6 is 11.3 Å².